The highest BCUT2D eigenvalue weighted by atomic mass is 16.2. The number of nitrogens with two attached hydrogens (primary N) is 1. The van der Waals surface area contributed by atoms with Gasteiger partial charge in [-0.05, 0) is 70.0 Å². The van der Waals surface area contributed by atoms with E-state index in [1.165, 1.54) is 0 Å². The van der Waals surface area contributed by atoms with Crippen molar-refractivity contribution in [3.63, 3.8) is 0 Å². The number of carbonyl (C=O) groups excluding carboxylic acids is 3. The largest absolute Gasteiger partial charge is 0.370 e. The monoisotopic (exact) mass is 422 g/mol. The van der Waals surface area contributed by atoms with Gasteiger partial charge < -0.3 is 21.3 Å². The molecule has 0 bridgehead atoms. The summed E-state index contributed by atoms with van der Waals surface area (Å²) in [4.78, 5) is 38.7. The number of piperidine rings is 1. The Bertz CT molecular complexity index is 956. The highest BCUT2D eigenvalue weighted by Crippen LogP contribution is 2.30. The first-order valence-electron chi connectivity index (χ1n) is 10.5. The van der Waals surface area contributed by atoms with Crippen LogP contribution in [-0.2, 0) is 4.79 Å². The second-order valence-electron chi connectivity index (χ2n) is 8.92. The van der Waals surface area contributed by atoms with Crippen LogP contribution in [0.3, 0.4) is 0 Å². The normalized spacial score (nSPS) is 14.7. The van der Waals surface area contributed by atoms with Gasteiger partial charge in [0.2, 0.25) is 5.91 Å². The number of benzene rings is 2. The Balaban J connectivity index is 1.69. The minimum Gasteiger partial charge on any atom is -0.370 e. The van der Waals surface area contributed by atoms with Crippen LogP contribution in [-0.4, -0.2) is 36.3 Å². The first-order valence-corrected chi connectivity index (χ1v) is 10.5. The van der Waals surface area contributed by atoms with Crippen molar-refractivity contribution in [2.45, 2.75) is 39.2 Å². The molecule has 1 aliphatic rings. The molecule has 0 spiro atoms. The van der Waals surface area contributed by atoms with Gasteiger partial charge in [-0.25, -0.2) is 0 Å². The van der Waals surface area contributed by atoms with Crippen LogP contribution in [0.25, 0.3) is 0 Å². The smallest absolute Gasteiger partial charge is 0.255 e. The van der Waals surface area contributed by atoms with Gasteiger partial charge in [-0.2, -0.15) is 0 Å². The number of hydrogen-bond acceptors (Lipinski definition) is 4. The van der Waals surface area contributed by atoms with Gasteiger partial charge in [0.1, 0.15) is 0 Å². The number of rotatable bonds is 5. The van der Waals surface area contributed by atoms with E-state index >= 15 is 0 Å². The number of hydrogen-bond donors (Lipinski definition) is 3. The van der Waals surface area contributed by atoms with Crippen molar-refractivity contribution in [3.8, 4) is 0 Å². The van der Waals surface area contributed by atoms with E-state index < -0.39 is 0 Å². The molecule has 1 aliphatic heterocycles. The van der Waals surface area contributed by atoms with Gasteiger partial charge in [0.05, 0.1) is 11.4 Å². The van der Waals surface area contributed by atoms with Crippen LogP contribution < -0.4 is 21.3 Å². The molecule has 31 heavy (non-hydrogen) atoms. The van der Waals surface area contributed by atoms with Crippen molar-refractivity contribution < 1.29 is 14.4 Å². The van der Waals surface area contributed by atoms with Crippen LogP contribution in [0.2, 0.25) is 0 Å². The van der Waals surface area contributed by atoms with E-state index in [0.717, 1.165) is 5.69 Å². The summed E-state index contributed by atoms with van der Waals surface area (Å²) in [6.45, 7) is 7.16. The molecule has 0 atom stereocenters. The molecular weight excluding hydrogens is 392 g/mol. The van der Waals surface area contributed by atoms with Gasteiger partial charge >= 0.3 is 0 Å². The molecule has 4 N–H and O–H groups in total. The maximum absolute atomic E-state index is 12.8. The van der Waals surface area contributed by atoms with Gasteiger partial charge in [0.15, 0.2) is 0 Å². The summed E-state index contributed by atoms with van der Waals surface area (Å²) in [5, 5.41) is 5.88. The number of amides is 3. The molecule has 3 rings (SSSR count). The predicted molar refractivity (Wildman–Crippen MR) is 122 cm³/mol. The van der Waals surface area contributed by atoms with E-state index in [0.29, 0.717) is 42.7 Å². The van der Waals surface area contributed by atoms with E-state index in [-0.39, 0.29) is 29.2 Å². The average Bonchev–Trinajstić information content (AvgIpc) is 2.73. The lowest BCUT2D eigenvalue weighted by molar-refractivity contribution is -0.122. The van der Waals surface area contributed by atoms with Crippen LogP contribution in [0, 0.1) is 5.92 Å². The standard InChI is InChI=1S/C24H30N4O3/c1-24(2,3)27-23(31)18-10-8-17(9-11-18)22(30)26-19-6-4-5-7-20(19)28-14-12-16(13-15-28)21(25)29/h4-11,16H,12-15H2,1-3H3,(H2,25,29)(H,26,30)(H,27,31). The Morgan fingerprint density at radius 1 is 0.903 bits per heavy atom. The minimum absolute atomic E-state index is 0.0907. The van der Waals surface area contributed by atoms with E-state index in [1.807, 2.05) is 45.0 Å². The fourth-order valence-corrected chi connectivity index (χ4v) is 3.64. The molecular formula is C24H30N4O3. The van der Waals surface area contributed by atoms with Crippen molar-refractivity contribution >= 4 is 29.1 Å². The molecule has 0 saturated carbocycles. The SMILES string of the molecule is CC(C)(C)NC(=O)c1ccc(C(=O)Nc2ccccc2N2CCC(C(N)=O)CC2)cc1. The highest BCUT2D eigenvalue weighted by Gasteiger charge is 2.24. The van der Waals surface area contributed by atoms with Crippen LogP contribution in [0.5, 0.6) is 0 Å². The lowest BCUT2D eigenvalue weighted by atomic mass is 9.96. The zero-order valence-corrected chi connectivity index (χ0v) is 18.3. The molecule has 3 amide bonds. The Hall–Kier alpha value is -3.35. The number of primary amides is 1. The van der Waals surface area contributed by atoms with Crippen molar-refractivity contribution in [3.05, 3.63) is 59.7 Å². The molecule has 7 nitrogen and oxygen atoms in total. The molecule has 0 radical (unpaired) electrons. The van der Waals surface area contributed by atoms with Crippen molar-refractivity contribution in [2.75, 3.05) is 23.3 Å². The van der Waals surface area contributed by atoms with Crippen molar-refractivity contribution in [2.24, 2.45) is 11.7 Å². The molecule has 1 fully saturated rings. The second kappa shape index (κ2) is 9.20. The summed E-state index contributed by atoms with van der Waals surface area (Å²) >= 11 is 0. The summed E-state index contributed by atoms with van der Waals surface area (Å²) in [7, 11) is 0. The number of carbonyl (C=O) groups is 3. The molecule has 1 saturated heterocycles. The summed E-state index contributed by atoms with van der Waals surface area (Å²) in [6, 6.07) is 14.2. The maximum Gasteiger partial charge on any atom is 0.255 e. The van der Waals surface area contributed by atoms with Gasteiger partial charge in [-0.3, -0.25) is 14.4 Å². The third-order valence-electron chi connectivity index (χ3n) is 5.29. The minimum atomic E-state index is -0.331. The summed E-state index contributed by atoms with van der Waals surface area (Å²) in [5.41, 5.74) is 7.70. The van der Waals surface area contributed by atoms with Gasteiger partial charge in [-0.1, -0.05) is 12.1 Å². The molecule has 164 valence electrons. The molecule has 2 aromatic carbocycles. The topological polar surface area (TPSA) is 105 Å². The molecule has 7 heteroatoms. The second-order valence-corrected chi connectivity index (χ2v) is 8.92. The van der Waals surface area contributed by atoms with E-state index in [1.54, 1.807) is 24.3 Å². The number of nitrogens with one attached hydrogen (secondary N) is 2. The van der Waals surface area contributed by atoms with Gasteiger partial charge in [-0.15, -0.1) is 0 Å². The fraction of sp³-hybridized carbons (Fsp3) is 0.375. The van der Waals surface area contributed by atoms with Gasteiger partial charge in [0.25, 0.3) is 11.8 Å². The Labute approximate surface area is 183 Å². The number of anilines is 2. The first kappa shape index (κ1) is 22.3. The quantitative estimate of drug-likeness (QED) is 0.688. The lowest BCUT2D eigenvalue weighted by Gasteiger charge is -2.33. The van der Waals surface area contributed by atoms with Crippen LogP contribution in [0.1, 0.15) is 54.3 Å². The van der Waals surface area contributed by atoms with E-state index in [2.05, 4.69) is 15.5 Å². The molecule has 1 heterocycles. The van der Waals surface area contributed by atoms with Crippen LogP contribution in [0.4, 0.5) is 11.4 Å². The average molecular weight is 423 g/mol. The van der Waals surface area contributed by atoms with Gasteiger partial charge in [0, 0.05) is 35.7 Å². The molecule has 0 aliphatic carbocycles. The van der Waals surface area contributed by atoms with Crippen LogP contribution in [0.15, 0.2) is 48.5 Å². The Kier molecular flexibility index (Phi) is 6.63. The first-order chi connectivity index (χ1) is 14.6. The summed E-state index contributed by atoms with van der Waals surface area (Å²) in [6.07, 6.45) is 1.41. The van der Waals surface area contributed by atoms with Crippen molar-refractivity contribution in [1.29, 1.82) is 0 Å². The zero-order valence-electron chi connectivity index (χ0n) is 18.3. The third kappa shape index (κ3) is 5.84. The Morgan fingerprint density at radius 3 is 2.00 bits per heavy atom. The lowest BCUT2D eigenvalue weighted by Crippen LogP contribution is -2.40. The Morgan fingerprint density at radius 2 is 1.45 bits per heavy atom. The highest BCUT2D eigenvalue weighted by molar-refractivity contribution is 6.06. The summed E-state index contributed by atoms with van der Waals surface area (Å²) < 4.78 is 0. The molecule has 2 aromatic rings. The van der Waals surface area contributed by atoms with Crippen molar-refractivity contribution in [1.82, 2.24) is 5.32 Å². The molecule has 0 unspecified atom stereocenters. The zero-order chi connectivity index (χ0) is 22.6. The number of para-hydroxylation sites is 2. The van der Waals surface area contributed by atoms with E-state index in [4.69, 9.17) is 5.73 Å². The molecule has 0 aromatic heterocycles. The van der Waals surface area contributed by atoms with Crippen LogP contribution >= 0.6 is 0 Å². The maximum atomic E-state index is 12.8. The third-order valence-corrected chi connectivity index (χ3v) is 5.29. The number of nitrogens with zero attached hydrogens (tertiary/aromatic N) is 1. The van der Waals surface area contributed by atoms with E-state index in [9.17, 15) is 14.4 Å². The predicted octanol–water partition coefficient (Wildman–Crippen LogP) is 3.17. The summed E-state index contributed by atoms with van der Waals surface area (Å²) in [5.74, 6) is -0.765. The fourth-order valence-electron chi connectivity index (χ4n) is 3.64.